The number of hydrogen-bond donors (Lipinski definition) is 1. The number of ether oxygens (including phenoxy) is 1. The summed E-state index contributed by atoms with van der Waals surface area (Å²) in [6, 6.07) is 9.58. The zero-order chi connectivity index (χ0) is 11.8. The van der Waals surface area contributed by atoms with E-state index in [1.165, 1.54) is 0 Å². The average Bonchev–Trinajstić information content (AvgIpc) is 2.28. The van der Waals surface area contributed by atoms with Gasteiger partial charge in [0.05, 0.1) is 6.61 Å². The maximum absolute atomic E-state index is 11.0. The summed E-state index contributed by atoms with van der Waals surface area (Å²) in [5.41, 5.74) is 1.07. The van der Waals surface area contributed by atoms with Crippen LogP contribution in [0.5, 0.6) is 0 Å². The van der Waals surface area contributed by atoms with Crippen LogP contribution < -0.4 is 0 Å². The quantitative estimate of drug-likeness (QED) is 0.602. The van der Waals surface area contributed by atoms with Crippen LogP contribution in [0.1, 0.15) is 5.56 Å². The number of carbonyl (C=O) groups excluding carboxylic acids is 1. The average molecular weight is 220 g/mol. The number of carboxylic acids is 1. The first-order chi connectivity index (χ1) is 7.68. The molecule has 0 heterocycles. The zero-order valence-electron chi connectivity index (χ0n) is 8.63. The minimum atomic E-state index is -1.17. The lowest BCUT2D eigenvalue weighted by molar-refractivity contribution is -0.138. The largest absolute Gasteiger partial charge is 0.478 e. The topological polar surface area (TPSA) is 63.6 Å². The normalized spacial score (nSPS) is 10.2. The predicted molar refractivity (Wildman–Crippen MR) is 57.9 cm³/mol. The predicted octanol–water partition coefficient (Wildman–Crippen LogP) is 1.41. The van der Waals surface area contributed by atoms with E-state index in [0.717, 1.165) is 17.7 Å². The third kappa shape index (κ3) is 4.95. The first-order valence-electron chi connectivity index (χ1n) is 4.80. The van der Waals surface area contributed by atoms with Crippen molar-refractivity contribution in [3.63, 3.8) is 0 Å². The molecule has 0 fully saturated rings. The molecular formula is C12H12O4. The smallest absolute Gasteiger partial charge is 0.331 e. The van der Waals surface area contributed by atoms with Gasteiger partial charge in [-0.25, -0.2) is 9.59 Å². The molecule has 1 N–H and O–H groups in total. The summed E-state index contributed by atoms with van der Waals surface area (Å²) >= 11 is 0. The molecule has 4 nitrogen and oxygen atoms in total. The summed E-state index contributed by atoms with van der Waals surface area (Å²) in [6.07, 6.45) is 2.27. The Kier molecular flexibility index (Phi) is 4.79. The van der Waals surface area contributed by atoms with Crippen molar-refractivity contribution in [2.45, 2.75) is 6.42 Å². The molecule has 0 amide bonds. The van der Waals surface area contributed by atoms with Crippen LogP contribution in [0.4, 0.5) is 0 Å². The highest BCUT2D eigenvalue weighted by atomic mass is 16.5. The fourth-order valence-corrected chi connectivity index (χ4v) is 1.10. The Labute approximate surface area is 93.2 Å². The Morgan fingerprint density at radius 1 is 1.19 bits per heavy atom. The molecule has 84 valence electrons. The lowest BCUT2D eigenvalue weighted by Gasteiger charge is -2.01. The van der Waals surface area contributed by atoms with Gasteiger partial charge >= 0.3 is 11.9 Å². The molecule has 0 saturated heterocycles. The standard InChI is InChI=1S/C12H12O4/c13-11(14)6-7-12(15)16-9-8-10-4-2-1-3-5-10/h1-7H,8-9H2,(H,13,14). The van der Waals surface area contributed by atoms with Crippen molar-refractivity contribution in [1.29, 1.82) is 0 Å². The van der Waals surface area contributed by atoms with Gasteiger partial charge in [0.1, 0.15) is 0 Å². The second-order valence-electron chi connectivity index (χ2n) is 3.07. The highest BCUT2D eigenvalue weighted by Crippen LogP contribution is 1.99. The van der Waals surface area contributed by atoms with Crippen molar-refractivity contribution in [3.8, 4) is 0 Å². The Balaban J connectivity index is 2.26. The second kappa shape index (κ2) is 6.40. The van der Waals surface area contributed by atoms with Gasteiger partial charge in [-0.2, -0.15) is 0 Å². The van der Waals surface area contributed by atoms with Crippen LogP contribution in [0.25, 0.3) is 0 Å². The molecule has 1 rings (SSSR count). The molecule has 0 unspecified atom stereocenters. The van der Waals surface area contributed by atoms with Crippen LogP contribution in [0.15, 0.2) is 42.5 Å². The molecule has 1 aromatic carbocycles. The minimum absolute atomic E-state index is 0.243. The molecule has 0 aliphatic heterocycles. The number of hydrogen-bond acceptors (Lipinski definition) is 3. The van der Waals surface area contributed by atoms with Gasteiger partial charge in [0.25, 0.3) is 0 Å². The van der Waals surface area contributed by atoms with Gasteiger partial charge < -0.3 is 9.84 Å². The molecule has 0 bridgehead atoms. The monoisotopic (exact) mass is 220 g/mol. The van der Waals surface area contributed by atoms with E-state index in [0.29, 0.717) is 6.42 Å². The Hall–Kier alpha value is -2.10. The summed E-state index contributed by atoms with van der Waals surface area (Å²) in [7, 11) is 0. The van der Waals surface area contributed by atoms with E-state index in [4.69, 9.17) is 9.84 Å². The van der Waals surface area contributed by atoms with Crippen LogP contribution in [0, 0.1) is 0 Å². The molecule has 0 aliphatic rings. The Bertz CT molecular complexity index is 381. The first-order valence-corrected chi connectivity index (χ1v) is 4.80. The third-order valence-electron chi connectivity index (χ3n) is 1.84. The van der Waals surface area contributed by atoms with Crippen molar-refractivity contribution < 1.29 is 19.4 Å². The first kappa shape index (κ1) is 12.0. The van der Waals surface area contributed by atoms with Gasteiger partial charge in [-0.15, -0.1) is 0 Å². The lowest BCUT2D eigenvalue weighted by atomic mass is 10.2. The molecule has 0 aliphatic carbocycles. The van der Waals surface area contributed by atoms with Crippen molar-refractivity contribution in [2.75, 3.05) is 6.61 Å². The van der Waals surface area contributed by atoms with E-state index in [-0.39, 0.29) is 6.61 Å². The maximum atomic E-state index is 11.0. The number of carboxylic acid groups (broad SMARTS) is 1. The van der Waals surface area contributed by atoms with E-state index in [1.54, 1.807) is 0 Å². The van der Waals surface area contributed by atoms with E-state index in [1.807, 2.05) is 30.3 Å². The lowest BCUT2D eigenvalue weighted by Crippen LogP contribution is -2.05. The van der Waals surface area contributed by atoms with E-state index >= 15 is 0 Å². The van der Waals surface area contributed by atoms with E-state index in [9.17, 15) is 9.59 Å². The van der Waals surface area contributed by atoms with Crippen LogP contribution in [0.3, 0.4) is 0 Å². The van der Waals surface area contributed by atoms with Gasteiger partial charge in [0.2, 0.25) is 0 Å². The number of aliphatic carboxylic acids is 1. The zero-order valence-corrected chi connectivity index (χ0v) is 8.63. The molecule has 0 aromatic heterocycles. The van der Waals surface area contributed by atoms with Gasteiger partial charge in [-0.3, -0.25) is 0 Å². The number of rotatable bonds is 5. The Morgan fingerprint density at radius 2 is 1.88 bits per heavy atom. The van der Waals surface area contributed by atoms with Crippen LogP contribution >= 0.6 is 0 Å². The molecule has 1 aromatic rings. The molecule has 0 spiro atoms. The highest BCUT2D eigenvalue weighted by molar-refractivity contribution is 5.90. The molecule has 0 saturated carbocycles. The Morgan fingerprint density at radius 3 is 2.50 bits per heavy atom. The van der Waals surface area contributed by atoms with Crippen molar-refractivity contribution in [2.24, 2.45) is 0 Å². The second-order valence-corrected chi connectivity index (χ2v) is 3.07. The highest BCUT2D eigenvalue weighted by Gasteiger charge is 1.98. The van der Waals surface area contributed by atoms with Crippen LogP contribution in [-0.2, 0) is 20.7 Å². The number of benzene rings is 1. The fraction of sp³-hybridized carbons (Fsp3) is 0.167. The number of esters is 1. The molecule has 0 atom stereocenters. The van der Waals surface area contributed by atoms with E-state index < -0.39 is 11.9 Å². The van der Waals surface area contributed by atoms with Gasteiger partial charge in [-0.05, 0) is 5.56 Å². The SMILES string of the molecule is O=C(O)C=CC(=O)OCCc1ccccc1. The molecule has 16 heavy (non-hydrogen) atoms. The molecule has 4 heteroatoms. The van der Waals surface area contributed by atoms with Crippen molar-refractivity contribution in [1.82, 2.24) is 0 Å². The summed E-state index contributed by atoms with van der Waals surface area (Å²) in [5.74, 6) is -1.81. The number of carbonyl (C=O) groups is 2. The van der Waals surface area contributed by atoms with Gasteiger partial charge in [-0.1, -0.05) is 30.3 Å². The van der Waals surface area contributed by atoms with Crippen molar-refractivity contribution >= 4 is 11.9 Å². The third-order valence-corrected chi connectivity index (χ3v) is 1.84. The molecular weight excluding hydrogens is 208 g/mol. The van der Waals surface area contributed by atoms with Gasteiger partial charge in [0, 0.05) is 18.6 Å². The summed E-state index contributed by atoms with van der Waals surface area (Å²) < 4.78 is 4.81. The summed E-state index contributed by atoms with van der Waals surface area (Å²) in [5, 5.41) is 8.27. The van der Waals surface area contributed by atoms with Gasteiger partial charge in [0.15, 0.2) is 0 Å². The maximum Gasteiger partial charge on any atom is 0.331 e. The minimum Gasteiger partial charge on any atom is -0.478 e. The van der Waals surface area contributed by atoms with Crippen molar-refractivity contribution in [3.05, 3.63) is 48.0 Å². The van der Waals surface area contributed by atoms with Crippen LogP contribution in [-0.4, -0.2) is 23.7 Å². The molecule has 0 radical (unpaired) electrons. The van der Waals surface area contributed by atoms with E-state index in [2.05, 4.69) is 0 Å². The van der Waals surface area contributed by atoms with Crippen LogP contribution in [0.2, 0.25) is 0 Å². The summed E-state index contributed by atoms with van der Waals surface area (Å²) in [4.78, 5) is 21.1. The summed E-state index contributed by atoms with van der Waals surface area (Å²) in [6.45, 7) is 0.243. The fourth-order valence-electron chi connectivity index (χ4n) is 1.10.